The molecule has 0 bridgehead atoms. The van der Waals surface area contributed by atoms with Crippen LogP contribution in [-0.2, 0) is 10.2 Å². The Balaban J connectivity index is 2.58. The van der Waals surface area contributed by atoms with E-state index in [1.165, 1.54) is 12.1 Å². The largest absolute Gasteiger partial charge is 0.358 e. The highest BCUT2D eigenvalue weighted by Crippen LogP contribution is 2.27. The Morgan fingerprint density at radius 1 is 1.35 bits per heavy atom. The summed E-state index contributed by atoms with van der Waals surface area (Å²) in [6.07, 6.45) is 0.853. The van der Waals surface area contributed by atoms with E-state index >= 15 is 0 Å². The van der Waals surface area contributed by atoms with Gasteiger partial charge in [-0.2, -0.15) is 0 Å². The summed E-state index contributed by atoms with van der Waals surface area (Å²) in [6.45, 7) is 3.58. The summed E-state index contributed by atoms with van der Waals surface area (Å²) < 4.78 is 0. The zero-order valence-electron chi connectivity index (χ0n) is 9.56. The lowest BCUT2D eigenvalue weighted by Crippen LogP contribution is -2.18. The Morgan fingerprint density at radius 3 is 2.65 bits per heavy atom. The second-order valence-corrected chi connectivity index (χ2v) is 4.55. The summed E-state index contributed by atoms with van der Waals surface area (Å²) in [5.41, 5.74) is 0.976. The number of hydrogen-bond acceptors (Lipinski definition) is 3. The van der Waals surface area contributed by atoms with Crippen molar-refractivity contribution in [1.29, 1.82) is 0 Å². The molecule has 0 amide bonds. The number of nitro benzene ring substituents is 1. The molecule has 2 rings (SSSR count). The number of non-ortho nitro benzene ring substituents is 1. The molecule has 0 aliphatic heterocycles. The lowest BCUT2D eigenvalue weighted by molar-refractivity contribution is -0.384. The summed E-state index contributed by atoms with van der Waals surface area (Å²) in [5, 5.41) is 11.4. The maximum absolute atomic E-state index is 11.0. The molecule has 17 heavy (non-hydrogen) atoms. The number of aromatic amines is 1. The third-order valence-corrected chi connectivity index (χ3v) is 2.80. The van der Waals surface area contributed by atoms with Gasteiger partial charge < -0.3 is 9.78 Å². The first kappa shape index (κ1) is 11.3. The van der Waals surface area contributed by atoms with Crippen LogP contribution < -0.4 is 0 Å². The number of nitrogens with one attached hydrogen (secondary N) is 1. The Bertz CT molecular complexity index is 599. The highest BCUT2D eigenvalue weighted by molar-refractivity contribution is 5.84. The molecule has 1 aromatic heterocycles. The lowest BCUT2D eigenvalue weighted by Gasteiger charge is -2.13. The van der Waals surface area contributed by atoms with Gasteiger partial charge in [0.15, 0.2) is 0 Å². The molecule has 0 aliphatic carbocycles. The molecule has 5 heteroatoms. The van der Waals surface area contributed by atoms with E-state index in [0.717, 1.165) is 22.9 Å². The van der Waals surface area contributed by atoms with Gasteiger partial charge in [-0.15, -0.1) is 0 Å². The van der Waals surface area contributed by atoms with E-state index in [0.29, 0.717) is 0 Å². The molecule has 0 aliphatic rings. The van der Waals surface area contributed by atoms with Crippen LogP contribution in [0.25, 0.3) is 10.9 Å². The number of fused-ring (bicyclic) bond motifs is 1. The number of carbonyl (C=O) groups excluding carboxylic acids is 1. The number of nitro groups is 1. The van der Waals surface area contributed by atoms with Gasteiger partial charge in [-0.3, -0.25) is 10.1 Å². The van der Waals surface area contributed by atoms with Crippen LogP contribution in [0.4, 0.5) is 5.69 Å². The Hall–Kier alpha value is -2.17. The van der Waals surface area contributed by atoms with Crippen molar-refractivity contribution in [3.8, 4) is 0 Å². The molecule has 1 heterocycles. The molecule has 0 saturated heterocycles. The van der Waals surface area contributed by atoms with Crippen LogP contribution in [0.2, 0.25) is 0 Å². The van der Waals surface area contributed by atoms with Crippen LogP contribution in [0.1, 0.15) is 19.5 Å². The summed E-state index contributed by atoms with van der Waals surface area (Å²) in [6, 6.07) is 6.36. The molecule has 2 aromatic rings. The maximum Gasteiger partial charge on any atom is 0.270 e. The van der Waals surface area contributed by atoms with Gasteiger partial charge in [-0.25, -0.2) is 0 Å². The fourth-order valence-corrected chi connectivity index (χ4v) is 1.64. The highest BCUT2D eigenvalue weighted by atomic mass is 16.6. The van der Waals surface area contributed by atoms with Crippen molar-refractivity contribution in [1.82, 2.24) is 4.98 Å². The minimum atomic E-state index is -0.617. The summed E-state index contributed by atoms with van der Waals surface area (Å²) in [7, 11) is 0. The van der Waals surface area contributed by atoms with Crippen molar-refractivity contribution in [2.45, 2.75) is 19.3 Å². The van der Waals surface area contributed by atoms with E-state index in [1.54, 1.807) is 26.0 Å². The number of H-pyrrole nitrogens is 1. The van der Waals surface area contributed by atoms with E-state index in [1.807, 2.05) is 0 Å². The first-order chi connectivity index (χ1) is 7.94. The van der Waals surface area contributed by atoms with Crippen molar-refractivity contribution < 1.29 is 9.72 Å². The minimum absolute atomic E-state index is 0.0481. The SMILES string of the molecule is CC(C)(C=O)c1cc2cc([N+](=O)[O-])ccc2[nH]1. The van der Waals surface area contributed by atoms with Crippen LogP contribution in [0.5, 0.6) is 0 Å². The molecule has 88 valence electrons. The van der Waals surface area contributed by atoms with Crippen LogP contribution >= 0.6 is 0 Å². The predicted octanol–water partition coefficient (Wildman–Crippen LogP) is 2.55. The van der Waals surface area contributed by atoms with E-state index in [4.69, 9.17) is 0 Å². The number of hydrogen-bond donors (Lipinski definition) is 1. The second-order valence-electron chi connectivity index (χ2n) is 4.55. The third-order valence-electron chi connectivity index (χ3n) is 2.80. The van der Waals surface area contributed by atoms with Crippen LogP contribution in [0, 0.1) is 10.1 Å². The predicted molar refractivity (Wildman–Crippen MR) is 64.0 cm³/mol. The standard InChI is InChI=1S/C12H12N2O3/c1-12(2,7-15)11-6-8-5-9(14(16)17)3-4-10(8)13-11/h3-7,13H,1-2H3. The van der Waals surface area contributed by atoms with Gasteiger partial charge in [0.1, 0.15) is 6.29 Å². The molecular weight excluding hydrogens is 220 g/mol. The summed E-state index contributed by atoms with van der Waals surface area (Å²) in [4.78, 5) is 24.3. The fourth-order valence-electron chi connectivity index (χ4n) is 1.64. The number of nitrogens with zero attached hydrogens (tertiary/aromatic N) is 1. The number of aldehydes is 1. The van der Waals surface area contributed by atoms with Gasteiger partial charge in [0.25, 0.3) is 5.69 Å². The van der Waals surface area contributed by atoms with Crippen LogP contribution in [0.3, 0.4) is 0 Å². The zero-order valence-corrected chi connectivity index (χ0v) is 9.56. The number of aromatic nitrogens is 1. The number of benzene rings is 1. The minimum Gasteiger partial charge on any atom is -0.358 e. The first-order valence-corrected chi connectivity index (χ1v) is 5.18. The van der Waals surface area contributed by atoms with Gasteiger partial charge >= 0.3 is 0 Å². The topological polar surface area (TPSA) is 76.0 Å². The quantitative estimate of drug-likeness (QED) is 0.502. The van der Waals surface area contributed by atoms with Crippen molar-refractivity contribution in [2.75, 3.05) is 0 Å². The molecule has 0 unspecified atom stereocenters. The number of rotatable bonds is 3. The van der Waals surface area contributed by atoms with Crippen molar-refractivity contribution in [2.24, 2.45) is 0 Å². The van der Waals surface area contributed by atoms with Crippen molar-refractivity contribution >= 4 is 22.9 Å². The van der Waals surface area contributed by atoms with Gasteiger partial charge in [0.2, 0.25) is 0 Å². The summed E-state index contributed by atoms with van der Waals surface area (Å²) in [5.74, 6) is 0. The van der Waals surface area contributed by atoms with Gasteiger partial charge in [0, 0.05) is 28.7 Å². The average Bonchev–Trinajstić information content (AvgIpc) is 2.72. The molecule has 0 fully saturated rings. The Labute approximate surface area is 97.6 Å². The highest BCUT2D eigenvalue weighted by Gasteiger charge is 2.22. The van der Waals surface area contributed by atoms with Gasteiger partial charge in [-0.05, 0) is 26.0 Å². The molecule has 1 aromatic carbocycles. The maximum atomic E-state index is 11.0. The van der Waals surface area contributed by atoms with Gasteiger partial charge in [-0.1, -0.05) is 0 Å². The molecular formula is C12H12N2O3. The van der Waals surface area contributed by atoms with Crippen LogP contribution in [0.15, 0.2) is 24.3 Å². The second kappa shape index (κ2) is 3.69. The molecule has 5 nitrogen and oxygen atoms in total. The van der Waals surface area contributed by atoms with Crippen LogP contribution in [-0.4, -0.2) is 16.2 Å². The molecule has 0 atom stereocenters. The molecule has 0 radical (unpaired) electrons. The lowest BCUT2D eigenvalue weighted by atomic mass is 9.91. The van der Waals surface area contributed by atoms with E-state index in [-0.39, 0.29) is 5.69 Å². The first-order valence-electron chi connectivity index (χ1n) is 5.18. The van der Waals surface area contributed by atoms with Crippen molar-refractivity contribution in [3.05, 3.63) is 40.1 Å². The van der Waals surface area contributed by atoms with E-state index in [9.17, 15) is 14.9 Å². The normalized spacial score (nSPS) is 11.6. The smallest absolute Gasteiger partial charge is 0.270 e. The molecule has 0 saturated carbocycles. The Kier molecular flexibility index (Phi) is 2.46. The van der Waals surface area contributed by atoms with E-state index in [2.05, 4.69) is 4.98 Å². The number of carbonyl (C=O) groups is 1. The van der Waals surface area contributed by atoms with Gasteiger partial charge in [0.05, 0.1) is 10.3 Å². The van der Waals surface area contributed by atoms with Crippen molar-refractivity contribution in [3.63, 3.8) is 0 Å². The molecule has 0 spiro atoms. The average molecular weight is 232 g/mol. The monoisotopic (exact) mass is 232 g/mol. The fraction of sp³-hybridized carbons (Fsp3) is 0.250. The van der Waals surface area contributed by atoms with E-state index < -0.39 is 10.3 Å². The zero-order chi connectivity index (χ0) is 12.6. The third kappa shape index (κ3) is 1.91. The summed E-state index contributed by atoms with van der Waals surface area (Å²) >= 11 is 0. The molecule has 1 N–H and O–H groups in total. The Morgan fingerprint density at radius 2 is 2.06 bits per heavy atom.